The van der Waals surface area contributed by atoms with Gasteiger partial charge in [0.15, 0.2) is 0 Å². The molecule has 0 atom stereocenters. The number of carbonyl (C=O) groups is 1. The summed E-state index contributed by atoms with van der Waals surface area (Å²) in [7, 11) is 0. The molecule has 108 valence electrons. The Morgan fingerprint density at radius 2 is 2.15 bits per heavy atom. The van der Waals surface area contributed by atoms with E-state index >= 15 is 0 Å². The zero-order valence-electron chi connectivity index (χ0n) is 11.4. The van der Waals surface area contributed by atoms with Crippen molar-refractivity contribution in [2.75, 3.05) is 26.2 Å². The van der Waals surface area contributed by atoms with Crippen molar-refractivity contribution in [1.82, 2.24) is 10.2 Å². The van der Waals surface area contributed by atoms with Crippen molar-refractivity contribution in [3.63, 3.8) is 0 Å². The number of hydrogen-bond acceptors (Lipinski definition) is 3. The maximum absolute atomic E-state index is 13.2. The summed E-state index contributed by atoms with van der Waals surface area (Å²) in [5, 5.41) is 3.31. The molecule has 0 unspecified atom stereocenters. The molecule has 1 aromatic carbocycles. The third kappa shape index (κ3) is 2.83. The Morgan fingerprint density at radius 3 is 2.90 bits per heavy atom. The number of nitrogens with one attached hydrogen (secondary N) is 1. The summed E-state index contributed by atoms with van der Waals surface area (Å²) in [5.41, 5.74) is 0.608. The highest BCUT2D eigenvalue weighted by atomic mass is 19.1. The Labute approximate surface area is 117 Å². The van der Waals surface area contributed by atoms with Crippen molar-refractivity contribution in [2.24, 2.45) is 0 Å². The van der Waals surface area contributed by atoms with Crippen molar-refractivity contribution < 1.29 is 13.9 Å². The van der Waals surface area contributed by atoms with E-state index in [1.165, 1.54) is 12.1 Å². The fourth-order valence-electron chi connectivity index (χ4n) is 2.97. The smallest absolute Gasteiger partial charge is 0.248 e. The van der Waals surface area contributed by atoms with E-state index in [0.29, 0.717) is 13.1 Å². The third-order valence-corrected chi connectivity index (χ3v) is 4.11. The van der Waals surface area contributed by atoms with Gasteiger partial charge in [-0.2, -0.15) is 0 Å². The summed E-state index contributed by atoms with van der Waals surface area (Å²) in [6, 6.07) is 6.42. The van der Waals surface area contributed by atoms with Crippen LogP contribution in [0.3, 0.4) is 0 Å². The van der Waals surface area contributed by atoms with Crippen LogP contribution < -0.4 is 5.32 Å². The van der Waals surface area contributed by atoms with Gasteiger partial charge in [0.05, 0.1) is 12.1 Å². The molecule has 1 amide bonds. The summed E-state index contributed by atoms with van der Waals surface area (Å²) < 4.78 is 19.0. The highest BCUT2D eigenvalue weighted by Crippen LogP contribution is 2.28. The van der Waals surface area contributed by atoms with E-state index in [1.807, 2.05) is 6.07 Å². The first-order chi connectivity index (χ1) is 9.67. The van der Waals surface area contributed by atoms with Crippen LogP contribution in [0.4, 0.5) is 4.39 Å². The molecule has 5 heteroatoms. The number of benzene rings is 1. The molecule has 0 bridgehead atoms. The highest BCUT2D eigenvalue weighted by Gasteiger charge is 2.40. The van der Waals surface area contributed by atoms with Gasteiger partial charge in [0.1, 0.15) is 12.4 Å². The fraction of sp³-hybridized carbons (Fsp3) is 0.533. The minimum atomic E-state index is -0.264. The van der Waals surface area contributed by atoms with Crippen LogP contribution in [0.15, 0.2) is 24.3 Å². The summed E-state index contributed by atoms with van der Waals surface area (Å²) in [6.45, 7) is 3.03. The largest absolute Gasteiger partial charge is 0.363 e. The molecule has 3 rings (SSSR count). The van der Waals surface area contributed by atoms with E-state index in [2.05, 4.69) is 5.32 Å². The number of halogens is 1. The molecule has 20 heavy (non-hydrogen) atoms. The number of morpholine rings is 1. The van der Waals surface area contributed by atoms with Gasteiger partial charge in [0.2, 0.25) is 5.91 Å². The number of amides is 1. The molecule has 2 aliphatic heterocycles. The molecule has 2 aliphatic rings. The standard InChI is InChI=1S/C15H19FN2O2/c16-13-3-1-2-12(8-13)9-18-11-15(20-10-14(18)19)4-6-17-7-5-15/h1-3,8,17H,4-7,9-11H2. The van der Waals surface area contributed by atoms with E-state index in [-0.39, 0.29) is 23.9 Å². The summed E-state index contributed by atoms with van der Waals surface area (Å²) in [6.07, 6.45) is 1.83. The van der Waals surface area contributed by atoms with E-state index in [1.54, 1.807) is 11.0 Å². The second-order valence-corrected chi connectivity index (χ2v) is 5.60. The Kier molecular flexibility index (Phi) is 3.72. The first-order valence-corrected chi connectivity index (χ1v) is 7.04. The van der Waals surface area contributed by atoms with Crippen molar-refractivity contribution in [3.8, 4) is 0 Å². The predicted octanol–water partition coefficient (Wildman–Crippen LogP) is 1.31. The molecule has 0 aliphatic carbocycles. The Hall–Kier alpha value is -1.46. The lowest BCUT2D eigenvalue weighted by atomic mass is 9.90. The Morgan fingerprint density at radius 1 is 1.35 bits per heavy atom. The SMILES string of the molecule is O=C1COC2(CCNCC2)CN1Cc1cccc(F)c1. The maximum atomic E-state index is 13.2. The average molecular weight is 278 g/mol. The van der Waals surface area contributed by atoms with Crippen molar-refractivity contribution >= 4 is 5.91 Å². The van der Waals surface area contributed by atoms with Gasteiger partial charge in [-0.25, -0.2) is 4.39 Å². The number of piperidine rings is 1. The van der Waals surface area contributed by atoms with Crippen LogP contribution in [-0.2, 0) is 16.1 Å². The molecular formula is C15H19FN2O2. The first-order valence-electron chi connectivity index (χ1n) is 7.04. The van der Waals surface area contributed by atoms with E-state index in [4.69, 9.17) is 4.74 Å². The molecular weight excluding hydrogens is 259 g/mol. The lowest BCUT2D eigenvalue weighted by molar-refractivity contribution is -0.168. The Bertz CT molecular complexity index is 500. The second-order valence-electron chi connectivity index (χ2n) is 5.60. The second kappa shape index (κ2) is 5.50. The van der Waals surface area contributed by atoms with Gasteiger partial charge in [-0.1, -0.05) is 12.1 Å². The molecule has 0 saturated carbocycles. The van der Waals surface area contributed by atoms with E-state index in [0.717, 1.165) is 31.5 Å². The monoisotopic (exact) mass is 278 g/mol. The summed E-state index contributed by atoms with van der Waals surface area (Å²) in [5.74, 6) is -0.279. The molecule has 2 heterocycles. The van der Waals surface area contributed by atoms with Crippen LogP contribution in [0, 0.1) is 5.82 Å². The Balaban J connectivity index is 1.72. The number of carbonyl (C=O) groups excluding carboxylic acids is 1. The minimum absolute atomic E-state index is 0.0154. The normalized spacial score (nSPS) is 22.2. The quantitative estimate of drug-likeness (QED) is 0.887. The van der Waals surface area contributed by atoms with Gasteiger partial charge in [-0.15, -0.1) is 0 Å². The van der Waals surface area contributed by atoms with Crippen LogP contribution in [-0.4, -0.2) is 42.6 Å². The van der Waals surface area contributed by atoms with Gasteiger partial charge in [-0.05, 0) is 43.6 Å². The molecule has 1 N–H and O–H groups in total. The molecule has 1 spiro atoms. The van der Waals surface area contributed by atoms with Gasteiger partial charge >= 0.3 is 0 Å². The zero-order chi connectivity index (χ0) is 14.0. The van der Waals surface area contributed by atoms with Gasteiger partial charge in [0.25, 0.3) is 0 Å². The molecule has 2 fully saturated rings. The summed E-state index contributed by atoms with van der Waals surface area (Å²) >= 11 is 0. The third-order valence-electron chi connectivity index (χ3n) is 4.11. The summed E-state index contributed by atoms with van der Waals surface area (Å²) in [4.78, 5) is 13.8. The van der Waals surface area contributed by atoms with Crippen molar-refractivity contribution in [1.29, 1.82) is 0 Å². The van der Waals surface area contributed by atoms with Gasteiger partial charge in [-0.3, -0.25) is 4.79 Å². The fourth-order valence-corrected chi connectivity index (χ4v) is 2.97. The first kappa shape index (κ1) is 13.5. The molecule has 2 saturated heterocycles. The average Bonchev–Trinajstić information content (AvgIpc) is 2.44. The topological polar surface area (TPSA) is 41.6 Å². The lowest BCUT2D eigenvalue weighted by Gasteiger charge is -2.44. The van der Waals surface area contributed by atoms with Crippen LogP contribution in [0.25, 0.3) is 0 Å². The molecule has 1 aromatic rings. The number of nitrogens with zero attached hydrogens (tertiary/aromatic N) is 1. The minimum Gasteiger partial charge on any atom is -0.363 e. The number of rotatable bonds is 2. The van der Waals surface area contributed by atoms with Crippen LogP contribution in [0.5, 0.6) is 0 Å². The van der Waals surface area contributed by atoms with Crippen molar-refractivity contribution in [2.45, 2.75) is 25.0 Å². The van der Waals surface area contributed by atoms with Crippen LogP contribution in [0.2, 0.25) is 0 Å². The highest BCUT2D eigenvalue weighted by molar-refractivity contribution is 5.78. The number of hydrogen-bond donors (Lipinski definition) is 1. The maximum Gasteiger partial charge on any atom is 0.248 e. The van der Waals surface area contributed by atoms with Crippen LogP contribution >= 0.6 is 0 Å². The number of ether oxygens (including phenoxy) is 1. The zero-order valence-corrected chi connectivity index (χ0v) is 11.4. The van der Waals surface area contributed by atoms with E-state index in [9.17, 15) is 9.18 Å². The lowest BCUT2D eigenvalue weighted by Crippen LogP contribution is -2.57. The van der Waals surface area contributed by atoms with Gasteiger partial charge in [0, 0.05) is 6.54 Å². The van der Waals surface area contributed by atoms with Crippen LogP contribution in [0.1, 0.15) is 18.4 Å². The molecule has 0 aromatic heterocycles. The molecule has 0 radical (unpaired) electrons. The van der Waals surface area contributed by atoms with E-state index < -0.39 is 0 Å². The van der Waals surface area contributed by atoms with Gasteiger partial charge < -0.3 is 15.0 Å². The van der Waals surface area contributed by atoms with Crippen molar-refractivity contribution in [3.05, 3.63) is 35.6 Å². The predicted molar refractivity (Wildman–Crippen MR) is 72.6 cm³/mol. The molecule has 4 nitrogen and oxygen atoms in total.